The molecule has 0 fully saturated rings. The third kappa shape index (κ3) is 5.73. The van der Waals surface area contributed by atoms with Crippen LogP contribution in [0.1, 0.15) is 32.4 Å². The van der Waals surface area contributed by atoms with Crippen LogP contribution in [0.4, 0.5) is 0 Å². The summed E-state index contributed by atoms with van der Waals surface area (Å²) in [6.45, 7) is 9.95. The van der Waals surface area contributed by atoms with E-state index in [1.54, 1.807) is 19.1 Å². The molecule has 1 unspecified atom stereocenters. The molecule has 1 aromatic carbocycles. The molecule has 5 heteroatoms. The predicted octanol–water partition coefficient (Wildman–Crippen LogP) is 1.97. The molecule has 0 saturated carbocycles. The highest BCUT2D eigenvalue weighted by Gasteiger charge is 2.16. The summed E-state index contributed by atoms with van der Waals surface area (Å²) in [5.41, 5.74) is 6.55. The van der Waals surface area contributed by atoms with E-state index < -0.39 is 12.0 Å². The van der Waals surface area contributed by atoms with Crippen LogP contribution in [-0.4, -0.2) is 43.7 Å². The molecule has 2 N–H and O–H groups in total. The maximum Gasteiger partial charge on any atom is 0.327 e. The smallest absolute Gasteiger partial charge is 0.327 e. The van der Waals surface area contributed by atoms with Crippen molar-refractivity contribution in [2.45, 2.75) is 26.8 Å². The van der Waals surface area contributed by atoms with Crippen molar-refractivity contribution in [1.29, 1.82) is 0 Å². The van der Waals surface area contributed by atoms with Crippen LogP contribution >= 0.6 is 0 Å². The van der Waals surface area contributed by atoms with Gasteiger partial charge in [-0.1, -0.05) is 26.0 Å². The summed E-state index contributed by atoms with van der Waals surface area (Å²) in [5.74, 6) is 0.370. The molecule has 118 valence electrons. The molecule has 0 saturated heterocycles. The molecule has 1 aromatic rings. The molecule has 0 heterocycles. The molecule has 0 spiro atoms. The first kappa shape index (κ1) is 17.5. The number of benzene rings is 1. The van der Waals surface area contributed by atoms with E-state index in [1.807, 2.05) is 12.1 Å². The molecular weight excluding hydrogens is 268 g/mol. The molecule has 21 heavy (non-hydrogen) atoms. The second kappa shape index (κ2) is 9.37. The van der Waals surface area contributed by atoms with Crippen molar-refractivity contribution in [2.24, 2.45) is 5.73 Å². The minimum Gasteiger partial charge on any atom is -0.492 e. The highest BCUT2D eigenvalue weighted by molar-refractivity contribution is 5.77. The Morgan fingerprint density at radius 3 is 2.33 bits per heavy atom. The Morgan fingerprint density at radius 1 is 1.19 bits per heavy atom. The first-order valence-corrected chi connectivity index (χ1v) is 7.49. The van der Waals surface area contributed by atoms with Gasteiger partial charge in [-0.2, -0.15) is 0 Å². The zero-order valence-electron chi connectivity index (χ0n) is 13.2. The highest BCUT2D eigenvalue weighted by Crippen LogP contribution is 2.17. The topological polar surface area (TPSA) is 64.8 Å². The van der Waals surface area contributed by atoms with Crippen LogP contribution < -0.4 is 10.5 Å². The maximum atomic E-state index is 11.6. The Morgan fingerprint density at radius 2 is 1.81 bits per heavy atom. The summed E-state index contributed by atoms with van der Waals surface area (Å²) >= 11 is 0. The Bertz CT molecular complexity index is 416. The van der Waals surface area contributed by atoms with Crippen LogP contribution in [0.5, 0.6) is 5.75 Å². The fraction of sp³-hybridized carbons (Fsp3) is 0.562. The number of hydrogen-bond donors (Lipinski definition) is 1. The number of rotatable bonds is 9. The van der Waals surface area contributed by atoms with Crippen molar-refractivity contribution in [3.05, 3.63) is 29.8 Å². The van der Waals surface area contributed by atoms with Crippen LogP contribution in [0.3, 0.4) is 0 Å². The van der Waals surface area contributed by atoms with Gasteiger partial charge in [0, 0.05) is 6.54 Å². The molecule has 0 radical (unpaired) electrons. The fourth-order valence-electron chi connectivity index (χ4n) is 1.97. The van der Waals surface area contributed by atoms with E-state index in [9.17, 15) is 4.79 Å². The van der Waals surface area contributed by atoms with Gasteiger partial charge >= 0.3 is 5.97 Å². The van der Waals surface area contributed by atoms with E-state index >= 15 is 0 Å². The molecular formula is C16H26N2O3. The number of nitrogens with two attached hydrogens (primary N) is 1. The molecule has 0 aliphatic heterocycles. The van der Waals surface area contributed by atoms with Crippen molar-refractivity contribution in [2.75, 3.05) is 32.8 Å². The third-order valence-electron chi connectivity index (χ3n) is 3.35. The summed E-state index contributed by atoms with van der Waals surface area (Å²) in [6.07, 6.45) is 0. The minimum atomic E-state index is -0.741. The van der Waals surface area contributed by atoms with Gasteiger partial charge in [0.25, 0.3) is 0 Å². The first-order valence-electron chi connectivity index (χ1n) is 7.49. The van der Waals surface area contributed by atoms with Crippen molar-refractivity contribution >= 4 is 5.97 Å². The zero-order valence-corrected chi connectivity index (χ0v) is 13.2. The van der Waals surface area contributed by atoms with Gasteiger partial charge in [-0.3, -0.25) is 0 Å². The minimum absolute atomic E-state index is 0.332. The zero-order chi connectivity index (χ0) is 15.7. The average molecular weight is 294 g/mol. The molecule has 5 nitrogen and oxygen atoms in total. The van der Waals surface area contributed by atoms with Crippen LogP contribution in [-0.2, 0) is 9.53 Å². The Kier molecular flexibility index (Phi) is 7.79. The lowest BCUT2D eigenvalue weighted by Crippen LogP contribution is -2.27. The summed E-state index contributed by atoms with van der Waals surface area (Å²) in [4.78, 5) is 13.9. The standard InChI is InChI=1S/C16H26N2O3/c1-4-18(5-2)11-12-21-14-9-7-13(8-10-14)15(17)16(19)20-6-3/h7-10,15H,4-6,11-12,17H2,1-3H3. The van der Waals surface area contributed by atoms with Gasteiger partial charge in [0.2, 0.25) is 0 Å². The van der Waals surface area contributed by atoms with Crippen molar-refractivity contribution in [1.82, 2.24) is 4.90 Å². The van der Waals surface area contributed by atoms with Gasteiger partial charge in [0.1, 0.15) is 18.4 Å². The molecule has 1 rings (SSSR count). The fourth-order valence-corrected chi connectivity index (χ4v) is 1.97. The first-order chi connectivity index (χ1) is 10.1. The van der Waals surface area contributed by atoms with E-state index in [-0.39, 0.29) is 0 Å². The summed E-state index contributed by atoms with van der Waals surface area (Å²) < 4.78 is 10.6. The van der Waals surface area contributed by atoms with Gasteiger partial charge < -0.3 is 20.1 Å². The molecule has 0 aromatic heterocycles. The lowest BCUT2D eigenvalue weighted by molar-refractivity contribution is -0.144. The maximum absolute atomic E-state index is 11.6. The second-order valence-corrected chi connectivity index (χ2v) is 4.67. The summed E-state index contributed by atoms with van der Waals surface area (Å²) in [7, 11) is 0. The quantitative estimate of drug-likeness (QED) is 0.705. The monoisotopic (exact) mass is 294 g/mol. The van der Waals surface area contributed by atoms with Crippen molar-refractivity contribution in [3.8, 4) is 5.75 Å². The number of likely N-dealkylation sites (N-methyl/N-ethyl adjacent to an activating group) is 1. The predicted molar refractivity (Wildman–Crippen MR) is 83.3 cm³/mol. The largest absolute Gasteiger partial charge is 0.492 e. The Hall–Kier alpha value is -1.59. The van der Waals surface area contributed by atoms with Crippen LogP contribution in [0, 0.1) is 0 Å². The number of carbonyl (C=O) groups is 1. The number of hydrogen-bond acceptors (Lipinski definition) is 5. The van der Waals surface area contributed by atoms with Crippen LogP contribution in [0.2, 0.25) is 0 Å². The second-order valence-electron chi connectivity index (χ2n) is 4.67. The normalized spacial score (nSPS) is 12.2. The highest BCUT2D eigenvalue weighted by atomic mass is 16.5. The van der Waals surface area contributed by atoms with Gasteiger partial charge in [-0.25, -0.2) is 4.79 Å². The number of carbonyl (C=O) groups excluding carboxylic acids is 1. The molecule has 0 amide bonds. The Labute approximate surface area is 127 Å². The SMILES string of the molecule is CCOC(=O)C(N)c1ccc(OCCN(CC)CC)cc1. The number of nitrogens with zero attached hydrogens (tertiary/aromatic N) is 1. The van der Waals surface area contributed by atoms with Gasteiger partial charge in [0.15, 0.2) is 0 Å². The third-order valence-corrected chi connectivity index (χ3v) is 3.35. The molecule has 0 aliphatic rings. The van der Waals surface area contributed by atoms with E-state index in [0.29, 0.717) is 13.2 Å². The van der Waals surface area contributed by atoms with Gasteiger partial charge in [-0.05, 0) is 37.7 Å². The van der Waals surface area contributed by atoms with Crippen molar-refractivity contribution < 1.29 is 14.3 Å². The van der Waals surface area contributed by atoms with Crippen molar-refractivity contribution in [3.63, 3.8) is 0 Å². The number of esters is 1. The molecule has 1 atom stereocenters. The lowest BCUT2D eigenvalue weighted by Gasteiger charge is -2.18. The van der Waals surface area contributed by atoms with Crippen LogP contribution in [0.15, 0.2) is 24.3 Å². The number of ether oxygens (including phenoxy) is 2. The molecule has 0 bridgehead atoms. The Balaban J connectivity index is 2.48. The lowest BCUT2D eigenvalue weighted by atomic mass is 10.1. The van der Waals surface area contributed by atoms with E-state index in [4.69, 9.17) is 15.2 Å². The van der Waals surface area contributed by atoms with Gasteiger partial charge in [-0.15, -0.1) is 0 Å². The molecule has 0 aliphatic carbocycles. The van der Waals surface area contributed by atoms with E-state index in [2.05, 4.69) is 18.7 Å². The van der Waals surface area contributed by atoms with E-state index in [1.165, 1.54) is 0 Å². The van der Waals surface area contributed by atoms with E-state index in [0.717, 1.165) is 30.9 Å². The average Bonchev–Trinajstić information content (AvgIpc) is 2.52. The van der Waals surface area contributed by atoms with Crippen LogP contribution in [0.25, 0.3) is 0 Å². The summed E-state index contributed by atoms with van der Waals surface area (Å²) in [5, 5.41) is 0. The summed E-state index contributed by atoms with van der Waals surface area (Å²) in [6, 6.07) is 6.52. The van der Waals surface area contributed by atoms with Gasteiger partial charge in [0.05, 0.1) is 6.61 Å².